The Kier molecular flexibility index (Phi) is 10.2. The number of para-hydroxylation sites is 1. The van der Waals surface area contributed by atoms with E-state index in [0.717, 1.165) is 41.3 Å². The number of hydrogen-bond donors (Lipinski definition) is 3. The predicted octanol–water partition coefficient (Wildman–Crippen LogP) is 5.60. The van der Waals surface area contributed by atoms with E-state index >= 15 is 0 Å². The number of nitrogens with one attached hydrogen (secondary N) is 2. The molecule has 13 heteroatoms. The van der Waals surface area contributed by atoms with Gasteiger partial charge in [0.15, 0.2) is 5.60 Å². The lowest BCUT2D eigenvalue weighted by atomic mass is 9.82. The number of ether oxygens (including phenoxy) is 2. The summed E-state index contributed by atoms with van der Waals surface area (Å²) >= 11 is 0. The summed E-state index contributed by atoms with van der Waals surface area (Å²) in [6.45, 7) is 9.29. The number of carbonyl (C=O) groups is 2. The molecule has 1 aromatic heterocycles. The first-order chi connectivity index (χ1) is 28.6. The molecular weight excluding hydrogens is 759 g/mol. The average Bonchev–Trinajstić information content (AvgIpc) is 4.00. The molecule has 3 fully saturated rings. The highest BCUT2D eigenvalue weighted by Crippen LogP contribution is 2.59. The summed E-state index contributed by atoms with van der Waals surface area (Å²) in [6, 6.07) is 34.4. The highest BCUT2D eigenvalue weighted by Gasteiger charge is 2.65. The lowest BCUT2D eigenvalue weighted by Crippen LogP contribution is -2.55. The number of hydrogen-bond acceptors (Lipinski definition) is 9. The van der Waals surface area contributed by atoms with Crippen LogP contribution >= 0.6 is 0 Å². The largest absolute Gasteiger partial charge is 0.497 e. The van der Waals surface area contributed by atoms with Crippen molar-refractivity contribution >= 4 is 42.1 Å². The molecule has 0 saturated carbocycles. The first kappa shape index (κ1) is 39.1. The molecule has 4 aromatic carbocycles. The third-order valence-electron chi connectivity index (χ3n) is 13.8. The summed E-state index contributed by atoms with van der Waals surface area (Å²) in [6.07, 6.45) is 3.62. The second-order valence-electron chi connectivity index (χ2n) is 17.1. The van der Waals surface area contributed by atoms with E-state index in [1.54, 1.807) is 7.11 Å². The van der Waals surface area contributed by atoms with E-state index in [-0.39, 0.29) is 41.9 Å². The van der Waals surface area contributed by atoms with Gasteiger partial charge < -0.3 is 30.1 Å². The molecule has 12 nitrogen and oxygen atoms in total. The van der Waals surface area contributed by atoms with Crippen LogP contribution in [0.25, 0.3) is 0 Å². The zero-order valence-electron chi connectivity index (χ0n) is 34.2. The van der Waals surface area contributed by atoms with Crippen molar-refractivity contribution in [2.45, 2.75) is 74.5 Å². The van der Waals surface area contributed by atoms with E-state index in [1.807, 2.05) is 94.6 Å². The molecule has 1 unspecified atom stereocenters. The molecule has 4 aliphatic heterocycles. The fourth-order valence-electron chi connectivity index (χ4n) is 10.6. The maximum absolute atomic E-state index is 14.7. The molecule has 3 N–H and O–H groups in total. The van der Waals surface area contributed by atoms with Crippen molar-refractivity contribution < 1.29 is 24.2 Å². The van der Waals surface area contributed by atoms with Gasteiger partial charge in [-0.3, -0.25) is 19.2 Å². The number of methoxy groups -OCH3 is 1. The lowest BCUT2D eigenvalue weighted by Gasteiger charge is -2.39. The normalized spacial score (nSPS) is 24.2. The molecule has 5 heterocycles. The van der Waals surface area contributed by atoms with Crippen LogP contribution in [0.2, 0.25) is 18.6 Å². The Morgan fingerprint density at radius 1 is 0.949 bits per heavy atom. The molecule has 5 aromatic rings. The van der Waals surface area contributed by atoms with Gasteiger partial charge in [-0.1, -0.05) is 91.1 Å². The second kappa shape index (κ2) is 15.4. The molecule has 2 spiro atoms. The maximum atomic E-state index is 14.7. The number of piperidine rings is 1. The number of aliphatic hydroxyl groups is 1. The number of aliphatic hydroxyl groups excluding tert-OH is 1. The summed E-state index contributed by atoms with van der Waals surface area (Å²) in [5.41, 5.74) is 3.05. The highest BCUT2D eigenvalue weighted by atomic mass is 28.3. The van der Waals surface area contributed by atoms with Crippen LogP contribution in [0.15, 0.2) is 109 Å². The van der Waals surface area contributed by atoms with Crippen LogP contribution < -0.4 is 30.4 Å². The van der Waals surface area contributed by atoms with Crippen LogP contribution in [0, 0.1) is 5.92 Å². The fourth-order valence-corrected chi connectivity index (χ4v) is 14.7. The fraction of sp³-hybridized carbons (Fsp3) is 0.391. The lowest BCUT2D eigenvalue weighted by molar-refractivity contribution is -0.143. The first-order valence-corrected chi connectivity index (χ1v) is 23.9. The zero-order chi connectivity index (χ0) is 40.9. The van der Waals surface area contributed by atoms with Crippen LogP contribution in [0.3, 0.4) is 0 Å². The van der Waals surface area contributed by atoms with Crippen LogP contribution in [0.1, 0.15) is 48.9 Å². The van der Waals surface area contributed by atoms with E-state index in [0.29, 0.717) is 43.9 Å². The average molecular weight is 812 g/mol. The van der Waals surface area contributed by atoms with Gasteiger partial charge in [0.1, 0.15) is 11.3 Å². The Labute approximate surface area is 346 Å². The maximum Gasteiger partial charge on any atom is 0.261 e. The summed E-state index contributed by atoms with van der Waals surface area (Å²) in [7, 11) is -0.718. The van der Waals surface area contributed by atoms with Crippen LogP contribution in [-0.4, -0.2) is 85.1 Å². The summed E-state index contributed by atoms with van der Waals surface area (Å²) < 4.78 is 14.7. The Balaban J connectivity index is 1.07. The van der Waals surface area contributed by atoms with Gasteiger partial charge in [0.2, 0.25) is 0 Å². The van der Waals surface area contributed by atoms with Crippen molar-refractivity contribution in [2.24, 2.45) is 5.92 Å². The Morgan fingerprint density at radius 3 is 2.36 bits per heavy atom. The van der Waals surface area contributed by atoms with Gasteiger partial charge in [-0.25, -0.2) is 0 Å². The number of aryl methyl sites for hydroxylation is 1. The number of nitrogens with zero attached hydrogens (tertiary/aromatic N) is 5. The molecule has 59 heavy (non-hydrogen) atoms. The van der Waals surface area contributed by atoms with E-state index in [4.69, 9.17) is 9.47 Å². The third kappa shape index (κ3) is 6.46. The highest BCUT2D eigenvalue weighted by molar-refractivity contribution is 6.91. The second-order valence-corrected chi connectivity index (χ2v) is 21.8. The van der Waals surface area contributed by atoms with Gasteiger partial charge in [0, 0.05) is 41.3 Å². The smallest absolute Gasteiger partial charge is 0.261 e. The van der Waals surface area contributed by atoms with E-state index in [9.17, 15) is 14.7 Å². The van der Waals surface area contributed by atoms with Crippen molar-refractivity contribution in [3.8, 4) is 5.75 Å². The predicted molar refractivity (Wildman–Crippen MR) is 231 cm³/mol. The molecule has 2 amide bonds. The summed E-state index contributed by atoms with van der Waals surface area (Å²) in [4.78, 5) is 33.5. The zero-order valence-corrected chi connectivity index (χ0v) is 35.2. The van der Waals surface area contributed by atoms with E-state index < -0.39 is 19.2 Å². The van der Waals surface area contributed by atoms with Crippen molar-refractivity contribution in [1.82, 2.24) is 20.3 Å². The molecular formula is C46H53N7O5Si. The molecule has 306 valence electrons. The monoisotopic (exact) mass is 811 g/mol. The SMILES string of the molecule is COc1ccc([Si](C)(C)[C@H]2[C@H](CCn3cc(C(CO)c4ccccc4)nn3)O[C@@]3(C(=O)Nc4ccc(N5CN(c6ccccc6)C6(CCNCC6)C5=O)cc43)[C@@H]2C)cc1. The number of aromatic nitrogens is 3. The Morgan fingerprint density at radius 2 is 1.66 bits per heavy atom. The molecule has 0 radical (unpaired) electrons. The first-order valence-electron chi connectivity index (χ1n) is 20.8. The van der Waals surface area contributed by atoms with Gasteiger partial charge in [-0.05, 0) is 85.9 Å². The third-order valence-corrected chi connectivity index (χ3v) is 18.1. The van der Waals surface area contributed by atoms with Crippen molar-refractivity contribution in [2.75, 3.05) is 48.6 Å². The van der Waals surface area contributed by atoms with Crippen LogP contribution in [0.5, 0.6) is 5.75 Å². The van der Waals surface area contributed by atoms with Gasteiger partial charge in [0.05, 0.1) is 46.2 Å². The van der Waals surface area contributed by atoms with Gasteiger partial charge in [-0.2, -0.15) is 0 Å². The number of anilines is 3. The van der Waals surface area contributed by atoms with Crippen molar-refractivity contribution in [3.05, 3.63) is 126 Å². The van der Waals surface area contributed by atoms with Crippen molar-refractivity contribution in [1.29, 1.82) is 0 Å². The minimum atomic E-state index is -2.39. The Bertz CT molecular complexity index is 2320. The molecule has 3 saturated heterocycles. The minimum Gasteiger partial charge on any atom is -0.497 e. The molecule has 4 aliphatic rings. The van der Waals surface area contributed by atoms with Crippen molar-refractivity contribution in [3.63, 3.8) is 0 Å². The van der Waals surface area contributed by atoms with E-state index in [1.165, 1.54) is 5.19 Å². The standard InChI is InChI=1S/C46H53N7O5Si/c1-31-42(59(3,4)36-18-16-35(57-2)17-19-36)41(21-26-51-28-40(49-50-51)37(29-54)32-11-7-5-8-12-32)58-46(31)38-27-34(15-20-39(38)48-43(46)55)52-30-53(33-13-9-6-10-14-33)45(44(52)56)22-24-47-25-23-45/h5-20,27-28,31,37,41-42,47,54H,21-26,29-30H2,1-4H3,(H,48,55)/t31-,37?,41+,42-,46+/m1/s1. The van der Waals surface area contributed by atoms with Gasteiger partial charge in [-0.15, -0.1) is 5.10 Å². The van der Waals surface area contributed by atoms with Gasteiger partial charge >= 0.3 is 0 Å². The minimum absolute atomic E-state index is 0.0220. The van der Waals surface area contributed by atoms with E-state index in [2.05, 4.69) is 70.1 Å². The summed E-state index contributed by atoms with van der Waals surface area (Å²) in [5.74, 6) is 0.216. The number of benzene rings is 4. The number of carbonyl (C=O) groups excluding carboxylic acids is 2. The van der Waals surface area contributed by atoms with Crippen LogP contribution in [-0.2, 0) is 26.5 Å². The van der Waals surface area contributed by atoms with Crippen LogP contribution in [0.4, 0.5) is 17.1 Å². The number of rotatable bonds is 11. The quantitative estimate of drug-likeness (QED) is 0.146. The number of amides is 2. The topological polar surface area (TPSA) is 134 Å². The summed E-state index contributed by atoms with van der Waals surface area (Å²) in [5, 5.41) is 27.2. The number of fused-ring (bicyclic) bond motifs is 2. The van der Waals surface area contributed by atoms with Gasteiger partial charge in [0.25, 0.3) is 11.8 Å². The molecule has 5 atom stereocenters. The Hall–Kier alpha value is -5.34. The molecule has 9 rings (SSSR count). The molecule has 0 aliphatic carbocycles. The molecule has 0 bridgehead atoms.